The standard InChI is InChI=1S/C15H20N2O/c1-3-4-13-5-7-14(8-6-13)12(2)16-11-15-9-10-18-17-15/h5-10,12,16H,3-4,11H2,1-2H3. The van der Waals surface area contributed by atoms with Gasteiger partial charge in [-0.15, -0.1) is 0 Å². The number of nitrogens with one attached hydrogen (secondary N) is 1. The predicted molar refractivity (Wildman–Crippen MR) is 72.2 cm³/mol. The molecule has 2 aromatic rings. The fourth-order valence-electron chi connectivity index (χ4n) is 1.97. The first kappa shape index (κ1) is 12.8. The Morgan fingerprint density at radius 3 is 2.61 bits per heavy atom. The minimum absolute atomic E-state index is 0.317. The molecule has 1 heterocycles. The van der Waals surface area contributed by atoms with Crippen molar-refractivity contribution < 1.29 is 4.52 Å². The minimum Gasteiger partial charge on any atom is -0.364 e. The van der Waals surface area contributed by atoms with Crippen LogP contribution in [0.1, 0.15) is 43.1 Å². The molecule has 1 aromatic carbocycles. The molecule has 0 spiro atoms. The molecule has 3 heteroatoms. The van der Waals surface area contributed by atoms with Crippen LogP contribution in [-0.4, -0.2) is 5.16 Å². The zero-order chi connectivity index (χ0) is 12.8. The van der Waals surface area contributed by atoms with Gasteiger partial charge in [-0.2, -0.15) is 0 Å². The summed E-state index contributed by atoms with van der Waals surface area (Å²) >= 11 is 0. The van der Waals surface area contributed by atoms with Gasteiger partial charge in [-0.3, -0.25) is 0 Å². The van der Waals surface area contributed by atoms with Crippen LogP contribution in [0.2, 0.25) is 0 Å². The lowest BCUT2D eigenvalue weighted by Gasteiger charge is -2.13. The number of nitrogens with zero attached hydrogens (tertiary/aromatic N) is 1. The number of aryl methyl sites for hydroxylation is 1. The summed E-state index contributed by atoms with van der Waals surface area (Å²) in [5.41, 5.74) is 3.65. The third kappa shape index (κ3) is 3.44. The van der Waals surface area contributed by atoms with Crippen LogP contribution in [0.15, 0.2) is 41.1 Å². The Bertz CT molecular complexity index is 448. The van der Waals surface area contributed by atoms with Gasteiger partial charge in [-0.1, -0.05) is 42.8 Å². The molecule has 96 valence electrons. The molecule has 0 saturated heterocycles. The van der Waals surface area contributed by atoms with Crippen molar-refractivity contribution in [3.8, 4) is 0 Å². The maximum Gasteiger partial charge on any atom is 0.124 e. The fourth-order valence-corrected chi connectivity index (χ4v) is 1.97. The van der Waals surface area contributed by atoms with Crippen molar-refractivity contribution in [1.82, 2.24) is 10.5 Å². The highest BCUT2D eigenvalue weighted by Gasteiger charge is 2.05. The smallest absolute Gasteiger partial charge is 0.124 e. The molecule has 2 rings (SSSR count). The predicted octanol–water partition coefficient (Wildman–Crippen LogP) is 3.48. The van der Waals surface area contributed by atoms with E-state index in [-0.39, 0.29) is 0 Å². The number of rotatable bonds is 6. The summed E-state index contributed by atoms with van der Waals surface area (Å²) in [4.78, 5) is 0. The highest BCUT2D eigenvalue weighted by molar-refractivity contribution is 5.24. The van der Waals surface area contributed by atoms with Crippen LogP contribution in [0.25, 0.3) is 0 Å². The molecule has 1 atom stereocenters. The molecule has 1 N–H and O–H groups in total. The summed E-state index contributed by atoms with van der Waals surface area (Å²) in [6, 6.07) is 11.0. The van der Waals surface area contributed by atoms with E-state index in [4.69, 9.17) is 4.52 Å². The topological polar surface area (TPSA) is 38.1 Å². The Morgan fingerprint density at radius 1 is 1.22 bits per heavy atom. The van der Waals surface area contributed by atoms with Crippen molar-refractivity contribution in [3.05, 3.63) is 53.4 Å². The van der Waals surface area contributed by atoms with Gasteiger partial charge in [-0.25, -0.2) is 0 Å². The Morgan fingerprint density at radius 2 is 2.00 bits per heavy atom. The fraction of sp³-hybridized carbons (Fsp3) is 0.400. The molecule has 0 bridgehead atoms. The van der Waals surface area contributed by atoms with E-state index in [9.17, 15) is 0 Å². The highest BCUT2D eigenvalue weighted by atomic mass is 16.5. The van der Waals surface area contributed by atoms with Crippen molar-refractivity contribution in [2.24, 2.45) is 0 Å². The number of aromatic nitrogens is 1. The third-order valence-electron chi connectivity index (χ3n) is 3.10. The second-order valence-electron chi connectivity index (χ2n) is 4.58. The summed E-state index contributed by atoms with van der Waals surface area (Å²) < 4.78 is 4.81. The molecule has 0 aliphatic heterocycles. The quantitative estimate of drug-likeness (QED) is 0.845. The maximum absolute atomic E-state index is 4.81. The molecule has 0 fully saturated rings. The van der Waals surface area contributed by atoms with E-state index in [0.717, 1.165) is 18.7 Å². The van der Waals surface area contributed by atoms with Crippen LogP contribution >= 0.6 is 0 Å². The lowest BCUT2D eigenvalue weighted by Crippen LogP contribution is -2.18. The third-order valence-corrected chi connectivity index (χ3v) is 3.10. The monoisotopic (exact) mass is 244 g/mol. The van der Waals surface area contributed by atoms with Crippen molar-refractivity contribution >= 4 is 0 Å². The number of benzene rings is 1. The van der Waals surface area contributed by atoms with Gasteiger partial charge in [0.1, 0.15) is 6.26 Å². The second-order valence-corrected chi connectivity index (χ2v) is 4.58. The SMILES string of the molecule is CCCc1ccc(C(C)NCc2ccon2)cc1. The maximum atomic E-state index is 4.81. The van der Waals surface area contributed by atoms with Crippen LogP contribution in [0.5, 0.6) is 0 Å². The molecule has 0 aliphatic rings. The largest absolute Gasteiger partial charge is 0.364 e. The normalized spacial score (nSPS) is 12.6. The second kappa shape index (κ2) is 6.36. The molecule has 18 heavy (non-hydrogen) atoms. The van der Waals surface area contributed by atoms with E-state index in [1.54, 1.807) is 6.26 Å². The summed E-state index contributed by atoms with van der Waals surface area (Å²) in [5, 5.41) is 7.31. The van der Waals surface area contributed by atoms with Gasteiger partial charge in [-0.05, 0) is 24.5 Å². The van der Waals surface area contributed by atoms with Crippen LogP contribution in [0.3, 0.4) is 0 Å². The molecule has 3 nitrogen and oxygen atoms in total. The van der Waals surface area contributed by atoms with Crippen molar-refractivity contribution in [1.29, 1.82) is 0 Å². The first-order valence-electron chi connectivity index (χ1n) is 6.51. The van der Waals surface area contributed by atoms with E-state index >= 15 is 0 Å². The lowest BCUT2D eigenvalue weighted by molar-refractivity contribution is 0.406. The molecule has 0 aliphatic carbocycles. The average molecular weight is 244 g/mol. The van der Waals surface area contributed by atoms with E-state index < -0.39 is 0 Å². The van der Waals surface area contributed by atoms with Crippen LogP contribution in [0.4, 0.5) is 0 Å². The van der Waals surface area contributed by atoms with E-state index in [1.807, 2.05) is 6.07 Å². The van der Waals surface area contributed by atoms with Gasteiger partial charge in [0.05, 0.1) is 5.69 Å². The lowest BCUT2D eigenvalue weighted by atomic mass is 10.0. The van der Waals surface area contributed by atoms with Gasteiger partial charge in [0, 0.05) is 18.7 Å². The van der Waals surface area contributed by atoms with Gasteiger partial charge in [0.15, 0.2) is 0 Å². The van der Waals surface area contributed by atoms with Crippen molar-refractivity contribution in [2.75, 3.05) is 0 Å². The van der Waals surface area contributed by atoms with Crippen LogP contribution < -0.4 is 5.32 Å². The summed E-state index contributed by atoms with van der Waals surface area (Å²) in [5.74, 6) is 0. The zero-order valence-corrected chi connectivity index (χ0v) is 11.0. The molecule has 1 aromatic heterocycles. The first-order chi connectivity index (χ1) is 8.79. The minimum atomic E-state index is 0.317. The molecule has 0 saturated carbocycles. The van der Waals surface area contributed by atoms with Crippen LogP contribution in [-0.2, 0) is 13.0 Å². The molecule has 0 amide bonds. The number of hydrogen-bond acceptors (Lipinski definition) is 3. The first-order valence-corrected chi connectivity index (χ1v) is 6.51. The Hall–Kier alpha value is -1.61. The summed E-state index contributed by atoms with van der Waals surface area (Å²) in [7, 11) is 0. The van der Waals surface area contributed by atoms with Gasteiger partial charge < -0.3 is 9.84 Å². The Labute approximate surface area is 108 Å². The van der Waals surface area contributed by atoms with Crippen molar-refractivity contribution in [2.45, 2.75) is 39.3 Å². The Balaban J connectivity index is 1.89. The van der Waals surface area contributed by atoms with E-state index in [0.29, 0.717) is 6.04 Å². The zero-order valence-electron chi connectivity index (χ0n) is 11.0. The Kier molecular flexibility index (Phi) is 4.53. The van der Waals surface area contributed by atoms with E-state index in [1.165, 1.54) is 17.5 Å². The van der Waals surface area contributed by atoms with Gasteiger partial charge >= 0.3 is 0 Å². The van der Waals surface area contributed by atoms with Gasteiger partial charge in [0.25, 0.3) is 0 Å². The molecule has 1 unspecified atom stereocenters. The van der Waals surface area contributed by atoms with E-state index in [2.05, 4.69) is 48.6 Å². The number of hydrogen-bond donors (Lipinski definition) is 1. The average Bonchev–Trinajstić information content (AvgIpc) is 2.90. The molecular formula is C15H20N2O. The molecule has 0 radical (unpaired) electrons. The summed E-state index contributed by atoms with van der Waals surface area (Å²) in [6.07, 6.45) is 3.95. The molecular weight excluding hydrogens is 224 g/mol. The van der Waals surface area contributed by atoms with Crippen LogP contribution in [0, 0.1) is 0 Å². The van der Waals surface area contributed by atoms with Gasteiger partial charge in [0.2, 0.25) is 0 Å². The van der Waals surface area contributed by atoms with Crippen molar-refractivity contribution in [3.63, 3.8) is 0 Å². The highest BCUT2D eigenvalue weighted by Crippen LogP contribution is 2.14. The summed E-state index contributed by atoms with van der Waals surface area (Å²) in [6.45, 7) is 5.10.